The van der Waals surface area contributed by atoms with Crippen molar-refractivity contribution in [2.75, 3.05) is 89.7 Å². The van der Waals surface area contributed by atoms with Crippen molar-refractivity contribution in [3.63, 3.8) is 0 Å². The van der Waals surface area contributed by atoms with Gasteiger partial charge in [0.05, 0.1) is 112 Å². The summed E-state index contributed by atoms with van der Waals surface area (Å²) in [5.74, 6) is -2.56. The fraction of sp³-hybridized carbons (Fsp3) is 0.659. The van der Waals surface area contributed by atoms with Crippen LogP contribution in [0.15, 0.2) is 72.8 Å². The molecule has 28 nitrogen and oxygen atoms in total. The molecule has 4 saturated heterocycles. The summed E-state index contributed by atoms with van der Waals surface area (Å²) in [6.45, 7) is 23.8. The van der Waals surface area contributed by atoms with Crippen molar-refractivity contribution in [2.24, 2.45) is 58.2 Å². The molecule has 0 spiro atoms. The Morgan fingerprint density at radius 1 is 0.525 bits per heavy atom. The molecule has 118 heavy (non-hydrogen) atoms. The van der Waals surface area contributed by atoms with Gasteiger partial charge in [-0.3, -0.25) is 47.8 Å². The first-order valence-corrected chi connectivity index (χ1v) is 45.5. The summed E-state index contributed by atoms with van der Waals surface area (Å²) in [5, 5.41) is 1.95. The molecular weight excluding hydrogens is 1550 g/mol. The van der Waals surface area contributed by atoms with Gasteiger partial charge in [-0.05, 0) is 213 Å². The highest BCUT2D eigenvalue weighted by Gasteiger charge is 2.64. The molecule has 2 aromatic heterocycles. The first-order valence-electron chi connectivity index (χ1n) is 42.4. The number of ether oxygens (including phenoxy) is 8. The molecule has 644 valence electrons. The number of hydrogen-bond donors (Lipinski definition) is 2. The van der Waals surface area contributed by atoms with Crippen LogP contribution in [0.3, 0.4) is 0 Å². The molecule has 8 heterocycles. The second kappa shape index (κ2) is 35.7. The van der Waals surface area contributed by atoms with Crippen LogP contribution in [0.5, 0.6) is 23.3 Å². The van der Waals surface area contributed by atoms with Crippen molar-refractivity contribution in [3.8, 4) is 23.3 Å². The van der Waals surface area contributed by atoms with E-state index in [9.17, 15) is 45.6 Å². The molecule has 0 unspecified atom stereocenters. The number of esters is 2. The number of carbonyl (C=O) groups excluding carboxylic acids is 8. The second-order valence-electron chi connectivity index (χ2n) is 36.9. The van der Waals surface area contributed by atoms with Crippen LogP contribution >= 0.6 is 0 Å². The highest BCUT2D eigenvalue weighted by Crippen LogP contribution is 2.59. The van der Waals surface area contributed by atoms with Crippen molar-refractivity contribution in [3.05, 3.63) is 72.8 Å². The number of amides is 4. The molecule has 0 radical (unpaired) electrons. The lowest BCUT2D eigenvalue weighted by atomic mass is 9.82. The number of ketones is 2. The predicted octanol–water partition coefficient (Wildman–Crippen LogP) is 10.7. The lowest BCUT2D eigenvalue weighted by molar-refractivity contribution is -0.160. The molecule has 14 rings (SSSR count). The van der Waals surface area contributed by atoms with E-state index in [-0.39, 0.29) is 111 Å². The maximum Gasteiger partial charge on any atom is 0.307 e. The number of carbonyl (C=O) groups is 8. The summed E-state index contributed by atoms with van der Waals surface area (Å²) in [5.41, 5.74) is -4.04. The van der Waals surface area contributed by atoms with Crippen molar-refractivity contribution < 1.29 is 93.1 Å². The number of methoxy groups -OCH3 is 2. The van der Waals surface area contributed by atoms with E-state index in [2.05, 4.69) is 33.1 Å². The standard InChI is InChI=1S/2C44H60N4O10S/c2*1-27-9-7-8-10-30-24-44(30,42(52)46-59(53,54)33-12-13-33)25-37(49)36-22-32(26-48(36)41(51)35(28(2)19-27)23-39(50)58-43(3,4)5)57-40-34-14-11-31(55-6)20-29(34)21-38(45-40)47-15-17-56-18-16-47/h2*8,10-11,14,20-21,27-28,30,32-33,35-36H,7,9,12-13,15-19,22-26H2,1-6H3,(H,46,52)/b2*10-8-/t27-,28+,30+,32+,35-,36-,44+;27-,28-,30-,32-,35+,36+,44-/m01/s1. The molecule has 2 N–H and O–H groups in total. The van der Waals surface area contributed by atoms with Gasteiger partial charge in [0.2, 0.25) is 55.4 Å². The number of hydrogen-bond acceptors (Lipinski definition) is 24. The van der Waals surface area contributed by atoms with E-state index in [1.54, 1.807) is 65.6 Å². The van der Waals surface area contributed by atoms with Crippen molar-refractivity contribution >= 4 is 100 Å². The van der Waals surface area contributed by atoms with Crippen LogP contribution in [0.4, 0.5) is 11.6 Å². The summed E-state index contributed by atoms with van der Waals surface area (Å²) in [6.07, 6.45) is 13.1. The van der Waals surface area contributed by atoms with Crippen LogP contribution in [0.25, 0.3) is 21.5 Å². The molecule has 8 fully saturated rings. The van der Waals surface area contributed by atoms with Crippen molar-refractivity contribution in [1.29, 1.82) is 0 Å². The van der Waals surface area contributed by atoms with Crippen LogP contribution in [0, 0.1) is 58.2 Å². The summed E-state index contributed by atoms with van der Waals surface area (Å²) in [4.78, 5) is 132. The van der Waals surface area contributed by atoms with E-state index >= 15 is 9.59 Å². The molecule has 6 aliphatic heterocycles. The lowest BCUT2D eigenvalue weighted by Crippen LogP contribution is -2.47. The third kappa shape index (κ3) is 20.9. The highest BCUT2D eigenvalue weighted by atomic mass is 32.2. The van der Waals surface area contributed by atoms with Gasteiger partial charge in [-0.25, -0.2) is 16.8 Å². The predicted molar refractivity (Wildman–Crippen MR) is 443 cm³/mol. The van der Waals surface area contributed by atoms with Crippen LogP contribution in [-0.2, 0) is 77.4 Å². The fourth-order valence-electron chi connectivity index (χ4n) is 18.1. The minimum atomic E-state index is -3.87. The van der Waals surface area contributed by atoms with Crippen LogP contribution in [-0.4, -0.2) is 210 Å². The molecular formula is C88H120N8O20S2. The van der Waals surface area contributed by atoms with Crippen molar-refractivity contribution in [1.82, 2.24) is 29.2 Å². The number of allylic oxidation sites excluding steroid dienone is 4. The van der Waals surface area contributed by atoms with Gasteiger partial charge in [-0.1, -0.05) is 52.0 Å². The van der Waals surface area contributed by atoms with Gasteiger partial charge in [0.25, 0.3) is 0 Å². The van der Waals surface area contributed by atoms with Gasteiger partial charge in [-0.2, -0.15) is 9.97 Å². The number of sulfonamides is 2. The van der Waals surface area contributed by atoms with Gasteiger partial charge in [0, 0.05) is 62.6 Å². The third-order valence-electron chi connectivity index (χ3n) is 25.1. The Bertz CT molecular complexity index is 4440. The largest absolute Gasteiger partial charge is 0.497 e. The van der Waals surface area contributed by atoms with Gasteiger partial charge in [0.1, 0.15) is 46.5 Å². The third-order valence-corrected chi connectivity index (χ3v) is 28.8. The minimum Gasteiger partial charge on any atom is -0.497 e. The Morgan fingerprint density at radius 2 is 0.898 bits per heavy atom. The molecule has 4 amide bonds. The van der Waals surface area contributed by atoms with E-state index < -0.39 is 112 Å². The Hall–Kier alpha value is -8.48. The zero-order chi connectivity index (χ0) is 84.6. The number of anilines is 2. The average molecular weight is 1670 g/mol. The number of nitrogens with zero attached hydrogens (tertiary/aromatic N) is 6. The van der Waals surface area contributed by atoms with E-state index in [1.165, 1.54) is 0 Å². The Kier molecular flexibility index (Phi) is 26.4. The number of Topliss-reactive ketones (excluding diaryl/α,β-unsaturated/α-hetero) is 2. The molecule has 10 aliphatic rings. The first-order chi connectivity index (χ1) is 55.9. The maximum absolute atomic E-state index is 15.0. The Morgan fingerprint density at radius 3 is 1.25 bits per heavy atom. The van der Waals surface area contributed by atoms with Gasteiger partial charge < -0.3 is 57.5 Å². The summed E-state index contributed by atoms with van der Waals surface area (Å²) < 4.78 is 104. The molecule has 0 bridgehead atoms. The molecule has 2 aromatic carbocycles. The number of pyridine rings is 2. The van der Waals surface area contributed by atoms with Crippen molar-refractivity contribution in [2.45, 2.75) is 231 Å². The number of morpholine rings is 2. The Labute approximate surface area is 693 Å². The quantitative estimate of drug-likeness (QED) is 0.0690. The van der Waals surface area contributed by atoms with Gasteiger partial charge in [-0.15, -0.1) is 0 Å². The first kappa shape index (κ1) is 87.3. The molecule has 14 atom stereocenters. The number of aromatic nitrogens is 2. The second-order valence-corrected chi connectivity index (χ2v) is 40.8. The highest BCUT2D eigenvalue weighted by molar-refractivity contribution is 7.91. The summed E-state index contributed by atoms with van der Waals surface area (Å²) >= 11 is 0. The average Bonchev–Trinajstić information content (AvgIpc) is 1.57. The van der Waals surface area contributed by atoms with E-state index in [1.807, 2.05) is 86.7 Å². The SMILES string of the molecule is COc1ccc2c(O[C@@H]3C[C@H]4C(=O)C[C@]5(C(=O)NS(=O)(=O)C6CC6)C[C@H]5/C=C\CC[C@@H](C)C[C@@H](C)[C@H](CC(=O)OC(C)(C)C)C(=O)N4C3)nc(N3CCOCC3)cc2c1.COc1ccc2c(O[C@@H]3C[C@H]4C(=O)C[C@]5(C(=O)NS(=O)(=O)C6CC6)C[C@H]5/C=C\CC[C@H](C)C[C@@H](C)[C@H](CC(=O)OC(C)(C)C)C(=O)N4C3)nc(N3CCOCC3)cc2c1. The monoisotopic (exact) mass is 1670 g/mol. The molecule has 4 saturated carbocycles. The molecule has 4 aliphatic carbocycles. The van der Waals surface area contributed by atoms with E-state index in [0.717, 1.165) is 47.2 Å². The normalized spacial score (nSPS) is 30.1. The number of nitrogens with one attached hydrogen (secondary N) is 2. The van der Waals surface area contributed by atoms with Crippen LogP contribution in [0.1, 0.15) is 185 Å². The van der Waals surface area contributed by atoms with Gasteiger partial charge >= 0.3 is 11.9 Å². The lowest BCUT2D eigenvalue weighted by Gasteiger charge is -2.32. The number of benzene rings is 2. The van der Waals surface area contributed by atoms with E-state index in [0.29, 0.717) is 139 Å². The molecule has 30 heteroatoms. The fourth-order valence-corrected chi connectivity index (χ4v) is 20.9. The summed E-state index contributed by atoms with van der Waals surface area (Å²) in [6, 6.07) is 13.2. The summed E-state index contributed by atoms with van der Waals surface area (Å²) in [7, 11) is -4.53. The maximum atomic E-state index is 15.0. The Balaban J connectivity index is 0.000000205. The van der Waals surface area contributed by atoms with Crippen LogP contribution < -0.4 is 38.2 Å². The van der Waals surface area contributed by atoms with E-state index in [4.69, 9.17) is 47.9 Å². The smallest absolute Gasteiger partial charge is 0.307 e. The molecule has 4 aromatic rings. The zero-order valence-corrected chi connectivity index (χ0v) is 72.1. The minimum absolute atomic E-state index is 0.0437. The number of rotatable bonds is 18. The van der Waals surface area contributed by atoms with Crippen LogP contribution in [0.2, 0.25) is 0 Å². The zero-order valence-electron chi connectivity index (χ0n) is 70.5. The van der Waals surface area contributed by atoms with Gasteiger partial charge in [0.15, 0.2) is 11.6 Å². The topological polar surface area (TPSA) is 341 Å². The number of fused-ring (bicyclic) bond motifs is 6.